The van der Waals surface area contributed by atoms with E-state index in [0.717, 1.165) is 25.7 Å². The van der Waals surface area contributed by atoms with E-state index < -0.39 is 0 Å². The Balaban J connectivity index is 2.38. The predicted molar refractivity (Wildman–Crippen MR) is 85.3 cm³/mol. The standard InChI is InChI=1S/C16H27N3O2/c1-3-5-13(10-11-17)6-8-15(20)19-14-7-9-16(18-12-14)21-4-2/h7,9,12-13H,3-6,8,10-11,17H2,1-2H3,(H,19,20). The SMILES string of the molecule is CCCC(CCN)CCC(=O)Nc1ccc(OCC)nc1. The molecule has 21 heavy (non-hydrogen) atoms. The van der Waals surface area contributed by atoms with Gasteiger partial charge in [0, 0.05) is 12.5 Å². The summed E-state index contributed by atoms with van der Waals surface area (Å²) in [5.74, 6) is 1.14. The van der Waals surface area contributed by atoms with Gasteiger partial charge in [-0.2, -0.15) is 0 Å². The Kier molecular flexibility index (Phi) is 8.43. The topological polar surface area (TPSA) is 77.2 Å². The van der Waals surface area contributed by atoms with Crippen LogP contribution in [-0.4, -0.2) is 24.0 Å². The summed E-state index contributed by atoms with van der Waals surface area (Å²) in [7, 11) is 0. The monoisotopic (exact) mass is 293 g/mol. The third-order valence-corrected chi connectivity index (χ3v) is 3.36. The lowest BCUT2D eigenvalue weighted by atomic mass is 9.94. The van der Waals surface area contributed by atoms with Crippen molar-refractivity contribution in [3.8, 4) is 5.88 Å². The molecule has 1 aromatic heterocycles. The van der Waals surface area contributed by atoms with E-state index in [0.29, 0.717) is 37.1 Å². The van der Waals surface area contributed by atoms with E-state index in [1.807, 2.05) is 6.92 Å². The van der Waals surface area contributed by atoms with Crippen LogP contribution in [0.25, 0.3) is 0 Å². The van der Waals surface area contributed by atoms with Crippen LogP contribution in [0.15, 0.2) is 18.3 Å². The lowest BCUT2D eigenvalue weighted by molar-refractivity contribution is -0.116. The van der Waals surface area contributed by atoms with Crippen LogP contribution in [0.2, 0.25) is 0 Å². The van der Waals surface area contributed by atoms with Gasteiger partial charge in [0.15, 0.2) is 0 Å². The van der Waals surface area contributed by atoms with Gasteiger partial charge in [-0.15, -0.1) is 0 Å². The van der Waals surface area contributed by atoms with E-state index in [1.165, 1.54) is 0 Å². The van der Waals surface area contributed by atoms with Crippen LogP contribution in [0.4, 0.5) is 5.69 Å². The Morgan fingerprint density at radius 3 is 2.71 bits per heavy atom. The number of hydrogen-bond donors (Lipinski definition) is 2. The number of rotatable bonds is 10. The number of hydrogen-bond acceptors (Lipinski definition) is 4. The zero-order valence-corrected chi connectivity index (χ0v) is 13.1. The van der Waals surface area contributed by atoms with Crippen LogP contribution in [0.5, 0.6) is 5.88 Å². The van der Waals surface area contributed by atoms with Crippen molar-refractivity contribution in [3.63, 3.8) is 0 Å². The van der Waals surface area contributed by atoms with Crippen LogP contribution in [0.1, 0.15) is 46.0 Å². The third-order valence-electron chi connectivity index (χ3n) is 3.36. The number of nitrogens with two attached hydrogens (primary N) is 1. The maximum absolute atomic E-state index is 11.9. The zero-order chi connectivity index (χ0) is 15.5. The fraction of sp³-hybridized carbons (Fsp3) is 0.625. The molecule has 0 aliphatic carbocycles. The van der Waals surface area contributed by atoms with Crippen LogP contribution in [-0.2, 0) is 4.79 Å². The summed E-state index contributed by atoms with van der Waals surface area (Å²) >= 11 is 0. The van der Waals surface area contributed by atoms with Crippen molar-refractivity contribution in [2.45, 2.75) is 46.0 Å². The molecule has 5 nitrogen and oxygen atoms in total. The molecule has 0 bridgehead atoms. The number of aromatic nitrogens is 1. The average Bonchev–Trinajstić information content (AvgIpc) is 2.48. The number of carbonyl (C=O) groups is 1. The van der Waals surface area contributed by atoms with Gasteiger partial charge < -0.3 is 15.8 Å². The van der Waals surface area contributed by atoms with Crippen molar-refractivity contribution in [3.05, 3.63) is 18.3 Å². The van der Waals surface area contributed by atoms with E-state index >= 15 is 0 Å². The van der Waals surface area contributed by atoms with Crippen LogP contribution < -0.4 is 15.8 Å². The summed E-state index contributed by atoms with van der Waals surface area (Å²) in [5.41, 5.74) is 6.31. The van der Waals surface area contributed by atoms with Crippen molar-refractivity contribution in [1.82, 2.24) is 4.98 Å². The molecule has 5 heteroatoms. The van der Waals surface area contributed by atoms with Crippen molar-refractivity contribution in [2.24, 2.45) is 11.7 Å². The highest BCUT2D eigenvalue weighted by molar-refractivity contribution is 5.90. The van der Waals surface area contributed by atoms with E-state index in [1.54, 1.807) is 18.3 Å². The molecule has 0 spiro atoms. The number of amides is 1. The quantitative estimate of drug-likeness (QED) is 0.695. The van der Waals surface area contributed by atoms with Gasteiger partial charge in [0.2, 0.25) is 11.8 Å². The molecule has 0 aliphatic heterocycles. The van der Waals surface area contributed by atoms with Gasteiger partial charge >= 0.3 is 0 Å². The van der Waals surface area contributed by atoms with Gasteiger partial charge in [-0.3, -0.25) is 4.79 Å². The molecule has 1 aromatic rings. The Morgan fingerprint density at radius 1 is 1.33 bits per heavy atom. The van der Waals surface area contributed by atoms with Crippen LogP contribution in [0, 0.1) is 5.92 Å². The van der Waals surface area contributed by atoms with E-state index in [-0.39, 0.29) is 5.91 Å². The van der Waals surface area contributed by atoms with E-state index in [4.69, 9.17) is 10.5 Å². The molecule has 0 aliphatic rings. The highest BCUT2D eigenvalue weighted by Crippen LogP contribution is 2.18. The second-order valence-electron chi connectivity index (χ2n) is 5.14. The largest absolute Gasteiger partial charge is 0.478 e. The molecule has 0 aromatic carbocycles. The molecule has 0 fully saturated rings. The Labute approximate surface area is 127 Å². The number of nitrogens with zero attached hydrogens (tertiary/aromatic N) is 1. The number of anilines is 1. The predicted octanol–water partition coefficient (Wildman–Crippen LogP) is 2.96. The van der Waals surface area contributed by atoms with E-state index in [2.05, 4.69) is 17.2 Å². The van der Waals surface area contributed by atoms with Crippen molar-refractivity contribution in [1.29, 1.82) is 0 Å². The average molecular weight is 293 g/mol. The van der Waals surface area contributed by atoms with E-state index in [9.17, 15) is 4.79 Å². The van der Waals surface area contributed by atoms with Crippen molar-refractivity contribution >= 4 is 11.6 Å². The summed E-state index contributed by atoms with van der Waals surface area (Å²) in [6.07, 6.45) is 6.29. The molecular formula is C16H27N3O2. The minimum atomic E-state index is 0.0269. The van der Waals surface area contributed by atoms with Crippen molar-refractivity contribution in [2.75, 3.05) is 18.5 Å². The first kappa shape index (κ1) is 17.4. The summed E-state index contributed by atoms with van der Waals surface area (Å²) in [6, 6.07) is 3.56. The molecule has 1 amide bonds. The third kappa shape index (κ3) is 7.09. The second-order valence-corrected chi connectivity index (χ2v) is 5.14. The molecule has 118 valence electrons. The van der Waals surface area contributed by atoms with Gasteiger partial charge in [-0.1, -0.05) is 19.8 Å². The smallest absolute Gasteiger partial charge is 0.224 e. The Morgan fingerprint density at radius 2 is 2.14 bits per heavy atom. The van der Waals surface area contributed by atoms with Gasteiger partial charge in [0.05, 0.1) is 18.5 Å². The number of ether oxygens (including phenoxy) is 1. The molecule has 0 saturated carbocycles. The molecule has 1 rings (SSSR count). The Bertz CT molecular complexity index is 400. The molecule has 1 heterocycles. The molecule has 1 atom stereocenters. The van der Waals surface area contributed by atoms with Crippen LogP contribution in [0.3, 0.4) is 0 Å². The fourth-order valence-corrected chi connectivity index (χ4v) is 2.32. The number of pyridine rings is 1. The molecular weight excluding hydrogens is 266 g/mol. The summed E-state index contributed by atoms with van der Waals surface area (Å²) in [5, 5.41) is 2.86. The maximum atomic E-state index is 11.9. The lowest BCUT2D eigenvalue weighted by Gasteiger charge is -2.14. The van der Waals surface area contributed by atoms with Gasteiger partial charge in [0.1, 0.15) is 0 Å². The molecule has 0 radical (unpaired) electrons. The Hall–Kier alpha value is -1.62. The zero-order valence-electron chi connectivity index (χ0n) is 13.1. The first-order valence-electron chi connectivity index (χ1n) is 7.78. The fourth-order valence-electron chi connectivity index (χ4n) is 2.32. The second kappa shape index (κ2) is 10.2. The molecule has 3 N–H and O–H groups in total. The molecule has 1 unspecified atom stereocenters. The lowest BCUT2D eigenvalue weighted by Crippen LogP contribution is -2.15. The molecule has 0 saturated heterocycles. The number of carbonyl (C=O) groups excluding carboxylic acids is 1. The van der Waals surface area contributed by atoms with Gasteiger partial charge in [0.25, 0.3) is 0 Å². The highest BCUT2D eigenvalue weighted by Gasteiger charge is 2.10. The van der Waals surface area contributed by atoms with Crippen LogP contribution >= 0.6 is 0 Å². The normalized spacial score (nSPS) is 12.0. The number of nitrogens with one attached hydrogen (secondary N) is 1. The van der Waals surface area contributed by atoms with Crippen molar-refractivity contribution < 1.29 is 9.53 Å². The maximum Gasteiger partial charge on any atom is 0.224 e. The minimum Gasteiger partial charge on any atom is -0.478 e. The summed E-state index contributed by atoms with van der Waals surface area (Å²) < 4.78 is 5.26. The summed E-state index contributed by atoms with van der Waals surface area (Å²) in [6.45, 7) is 5.34. The van der Waals surface area contributed by atoms with Gasteiger partial charge in [-0.05, 0) is 38.3 Å². The highest BCUT2D eigenvalue weighted by atomic mass is 16.5. The first-order chi connectivity index (χ1) is 10.2. The van der Waals surface area contributed by atoms with Gasteiger partial charge in [-0.25, -0.2) is 4.98 Å². The first-order valence-corrected chi connectivity index (χ1v) is 7.78. The minimum absolute atomic E-state index is 0.0269. The summed E-state index contributed by atoms with van der Waals surface area (Å²) in [4.78, 5) is 16.1.